The second-order valence-corrected chi connectivity index (χ2v) is 53.1. The summed E-state index contributed by atoms with van der Waals surface area (Å²) in [5, 5.41) is 88.0. The fraction of sp³-hybridized carbons (Fsp3) is 0.622. The molecule has 0 radical (unpaired) electrons. The molecule has 4 fully saturated rings. The first-order valence-electron chi connectivity index (χ1n) is 37.7. The Morgan fingerprint density at radius 1 is 0.355 bits per heavy atom. The number of ether oxygens (including phenoxy) is 4. The number of nitrogen functional groups attached to an aromatic ring is 4. The van der Waals surface area contributed by atoms with Crippen LogP contribution in [0.4, 0.5) is 22.7 Å². The Hall–Kier alpha value is -4.20. The first-order valence-corrected chi connectivity index (χ1v) is 53.8. The van der Waals surface area contributed by atoms with Crippen LogP contribution in [0, 0.1) is 0 Å². The van der Waals surface area contributed by atoms with Crippen LogP contribution in [0.5, 0.6) is 0 Å². The molecule has 0 unspecified atom stereocenters. The molecule has 0 spiro atoms. The summed E-state index contributed by atoms with van der Waals surface area (Å²) in [6, 6.07) is 6.83. The third-order valence-electron chi connectivity index (χ3n) is 19.2. The molecule has 4 saturated heterocycles. The lowest BCUT2D eigenvalue weighted by Gasteiger charge is -2.20. The summed E-state index contributed by atoms with van der Waals surface area (Å²) in [5.41, 5.74) is 31.1. The number of anilines is 4. The van der Waals surface area contributed by atoms with E-state index in [1.54, 1.807) is 103 Å². The van der Waals surface area contributed by atoms with Gasteiger partial charge in [0.2, 0.25) is 0 Å². The molecule has 16 N–H and O–H groups in total. The van der Waals surface area contributed by atoms with E-state index in [0.717, 1.165) is 86.2 Å². The van der Waals surface area contributed by atoms with E-state index >= 15 is 0 Å². The maximum atomic E-state index is 10.8. The van der Waals surface area contributed by atoms with E-state index in [4.69, 9.17) is 41.9 Å². The highest BCUT2D eigenvalue weighted by atomic mass is 32.2. The van der Waals surface area contributed by atoms with Crippen molar-refractivity contribution in [2.75, 3.05) is 124 Å². The number of thioether (sulfide) groups is 4. The quantitative estimate of drug-likeness (QED) is 0.0113. The zero-order valence-electron chi connectivity index (χ0n) is 65.7. The number of aliphatic hydroxyl groups excluding tert-OH is 8. The predicted molar refractivity (Wildman–Crippen MR) is 466 cm³/mol. The number of fused-ring (bicyclic) bond motifs is 4. The van der Waals surface area contributed by atoms with Crippen molar-refractivity contribution in [3.05, 3.63) is 49.1 Å². The summed E-state index contributed by atoms with van der Waals surface area (Å²) in [6.45, 7) is 20.7. The Balaban J connectivity index is 0.000000169. The summed E-state index contributed by atoms with van der Waals surface area (Å²) >= 11 is 6.30. The number of aliphatic hydroxyl groups is 8. The van der Waals surface area contributed by atoms with Crippen molar-refractivity contribution in [2.45, 2.75) is 211 Å². The van der Waals surface area contributed by atoms with Crippen LogP contribution in [0.1, 0.15) is 117 Å². The van der Waals surface area contributed by atoms with Gasteiger partial charge in [-0.05, 0) is 153 Å². The van der Waals surface area contributed by atoms with Crippen LogP contribution in [0.3, 0.4) is 0 Å². The molecule has 0 aliphatic carbocycles. The molecule has 12 rings (SSSR count). The molecule has 12 heterocycles. The molecule has 16 atom stereocenters. The zero-order valence-corrected chi connectivity index (χ0v) is 72.6. The molecule has 612 valence electrons. The van der Waals surface area contributed by atoms with E-state index in [0.29, 0.717) is 114 Å². The van der Waals surface area contributed by atoms with Gasteiger partial charge in [0.1, 0.15) is 70.9 Å². The summed E-state index contributed by atoms with van der Waals surface area (Å²) < 4.78 is 31.6. The Morgan fingerprint density at radius 2 is 0.600 bits per heavy atom. The summed E-state index contributed by atoms with van der Waals surface area (Å²) in [6.07, 6.45) is 23.3. The van der Waals surface area contributed by atoms with Crippen molar-refractivity contribution < 1.29 is 59.8 Å². The Labute approximate surface area is 664 Å². The SMILES string of the molecule is C=P(C)(C)CC[C@H]1O[C@@H](n2c(SCC)nc3c(N)ccnc32)[C@H](O)[C@@H]1O.C=P(C)(C)CC[C@H]1O[C@@H](n2c(SCCC)nc3c(N)ccnc32)[C@H](O)[C@@H]1O.C=P(C)(C)CC[C@H]1O[C@@H](n2c(SCCCC)nc3c(N)ccnc32)[C@H](O)[C@@H]1O.C=P(C)(C)CC[C@H]1O[C@@H](n2c(SCCCCC)nc3c(N)ccnc32)[C@H](O)[C@@H]1O. The maximum Gasteiger partial charge on any atom is 0.172 e. The van der Waals surface area contributed by atoms with Crippen molar-refractivity contribution >= 4 is 167 Å². The lowest BCUT2D eigenvalue weighted by Crippen LogP contribution is -2.32. The van der Waals surface area contributed by atoms with E-state index in [9.17, 15) is 40.9 Å². The van der Waals surface area contributed by atoms with E-state index in [1.807, 2.05) is 6.92 Å². The fourth-order valence-electron chi connectivity index (χ4n) is 13.1. The van der Waals surface area contributed by atoms with Gasteiger partial charge in [-0.3, -0.25) is 18.3 Å². The van der Waals surface area contributed by atoms with Crippen molar-refractivity contribution in [1.29, 1.82) is 0 Å². The predicted octanol–water partition coefficient (Wildman–Crippen LogP) is 9.72. The van der Waals surface area contributed by atoms with Gasteiger partial charge in [-0.2, -0.15) is 0 Å². The lowest BCUT2D eigenvalue weighted by atomic mass is 10.1. The molecule has 0 saturated carbocycles. The summed E-state index contributed by atoms with van der Waals surface area (Å²) in [5.74, 6) is 3.48. The van der Waals surface area contributed by atoms with Crippen LogP contribution in [-0.2, 0) is 18.9 Å². The van der Waals surface area contributed by atoms with Gasteiger partial charge in [-0.15, -0.1) is 52.7 Å². The number of pyridine rings is 4. The molecule has 0 bridgehead atoms. The topological polar surface area (TPSA) is 426 Å². The largest absolute Gasteiger partial charge is 0.397 e. The third-order valence-corrected chi connectivity index (χ3v) is 29.1. The van der Waals surface area contributed by atoms with Gasteiger partial charge < -0.3 is 82.7 Å². The molecule has 28 nitrogen and oxygen atoms in total. The summed E-state index contributed by atoms with van der Waals surface area (Å²) in [4.78, 5) is 36.2. The van der Waals surface area contributed by atoms with Crippen LogP contribution in [0.15, 0.2) is 69.7 Å². The molecule has 4 aliphatic rings. The van der Waals surface area contributed by atoms with Crippen molar-refractivity contribution in [2.24, 2.45) is 0 Å². The highest BCUT2D eigenvalue weighted by Gasteiger charge is 2.49. The van der Waals surface area contributed by atoms with E-state index in [-0.39, 0.29) is 0 Å². The van der Waals surface area contributed by atoms with Crippen molar-refractivity contribution in [1.82, 2.24) is 58.1 Å². The van der Waals surface area contributed by atoms with Gasteiger partial charge in [0, 0.05) is 42.0 Å². The maximum absolute atomic E-state index is 10.8. The Morgan fingerprint density at radius 3 is 0.836 bits per heavy atom. The lowest BCUT2D eigenvalue weighted by molar-refractivity contribution is -0.0400. The molecule has 110 heavy (non-hydrogen) atoms. The van der Waals surface area contributed by atoms with Crippen molar-refractivity contribution in [3.63, 3.8) is 0 Å². The molecule has 0 aromatic carbocycles. The van der Waals surface area contributed by atoms with Gasteiger partial charge in [0.25, 0.3) is 0 Å². The average Bonchev–Trinajstić information content (AvgIpc) is 1.63. The fourth-order valence-corrected chi connectivity index (χ4v) is 20.6. The van der Waals surface area contributed by atoms with Crippen LogP contribution in [-0.4, -0.2) is 298 Å². The highest BCUT2D eigenvalue weighted by Crippen LogP contribution is 2.47. The second-order valence-electron chi connectivity index (χ2n) is 31.4. The first kappa shape index (κ1) is 89.7. The third kappa shape index (κ3) is 22.3. The van der Waals surface area contributed by atoms with Gasteiger partial charge in [-0.1, -0.05) is 94.0 Å². The van der Waals surface area contributed by atoms with Gasteiger partial charge in [-0.25, -0.2) is 39.9 Å². The standard InChI is InChI=1S/C20H33N4O3PS.C19H31N4O3PS.C18H29N4O3PS.C17H27N4O3PS/c1-5-6-7-12-29-20-23-15-13(21)8-10-22-18(15)24(20)19-17(26)16(25)14(27-19)9-11-28(2,3)4;1-5-6-11-28-19-22-14-12(20)7-9-21-17(14)23(19)18-16(25)15(24)13(26-18)8-10-27(2,3)4;1-5-10-27-18-21-13-11(19)6-8-20-16(13)22(18)17-15(24)14(23)12(25-17)7-9-26(2,3)4;1-5-26-17-20-12-10(18)6-8-19-15(12)21(17)16-14(23)13(22)11(24-16)7-9-25(2,3)4/h8,10,14,16-17,19,25-26H,2,5-7,9,11-12H2,1,3-4H3,(H2,21,22);7,9,13,15-16,18,24-25H,2,5-6,8,10-11H2,1,3-4H3,(H2,20,21);6,8,12,14-15,17,23-24H,2,5,7,9-10H2,1,3-4H3,(H2,19,20);6,8,11,13-14,16,22-23H,2,5,7,9H2,1,3-4H3,(H2,18,19)/t14-,16-,17-,19-;13-,15-,16-,18-;12-,14-,15-,17-;11-,13-,14-,16-/m1111/s1. The average molecular weight is 1680 g/mol. The second kappa shape index (κ2) is 39.2. The molecule has 36 heteroatoms. The normalized spacial score (nSPS) is 25.9. The smallest absolute Gasteiger partial charge is 0.172 e. The van der Waals surface area contributed by atoms with Crippen LogP contribution in [0.25, 0.3) is 44.7 Å². The molecule has 4 aliphatic heterocycles. The molecule has 8 aromatic rings. The molecular formula is C74H120N16O12P4S4. The van der Waals surface area contributed by atoms with Gasteiger partial charge >= 0.3 is 0 Å². The first-order chi connectivity index (χ1) is 51.9. The van der Waals surface area contributed by atoms with E-state index < -0.39 is 126 Å². The number of hydrogen-bond acceptors (Lipinski definition) is 28. The molecule has 8 aromatic heterocycles. The van der Waals surface area contributed by atoms with Gasteiger partial charge in [0.05, 0.1) is 47.2 Å². The van der Waals surface area contributed by atoms with E-state index in [1.165, 1.54) is 11.8 Å². The number of rotatable bonds is 30. The zero-order chi connectivity index (χ0) is 80.5. The molecular weight excluding hydrogens is 1560 g/mol. The van der Waals surface area contributed by atoms with Crippen molar-refractivity contribution in [3.8, 4) is 0 Å². The number of hydrogen-bond donors (Lipinski definition) is 12. The number of nitrogens with zero attached hydrogens (tertiary/aromatic N) is 12. The Bertz CT molecular complexity index is 4570. The summed E-state index contributed by atoms with van der Waals surface area (Å²) in [7, 11) is 0. The number of aromatic nitrogens is 12. The van der Waals surface area contributed by atoms with Crippen LogP contribution >= 0.6 is 74.6 Å². The number of unbranched alkanes of at least 4 members (excludes halogenated alkanes) is 3. The monoisotopic (exact) mass is 1680 g/mol. The Kier molecular flexibility index (Phi) is 31.9. The minimum atomic E-state index is -1.25. The van der Waals surface area contributed by atoms with Crippen LogP contribution in [0.2, 0.25) is 0 Å². The van der Waals surface area contributed by atoms with Gasteiger partial charge in [0.15, 0.2) is 68.1 Å². The minimum Gasteiger partial charge on any atom is -0.397 e. The number of nitrogens with two attached hydrogens (primary N) is 4. The highest BCUT2D eigenvalue weighted by molar-refractivity contribution is 7.99. The van der Waals surface area contributed by atoms with E-state index in [2.05, 4.69) is 139 Å². The number of imidazole rings is 4. The molecule has 0 amide bonds. The minimum absolute atomic E-state index is 0.436. The van der Waals surface area contributed by atoms with Crippen LogP contribution < -0.4 is 22.9 Å².